The standard InChI is InChI=1S/C16H26N2/c1-12-6-8-15(9-7-12)14(3)18-10-4-5-16(11-18)13(2)17/h6-9,13-14,16H,4-5,10-11,17H2,1-3H3. The molecule has 18 heavy (non-hydrogen) atoms. The molecule has 0 bridgehead atoms. The minimum atomic E-state index is 0.318. The van der Waals surface area contributed by atoms with E-state index in [0.29, 0.717) is 18.0 Å². The molecule has 0 spiro atoms. The van der Waals surface area contributed by atoms with Gasteiger partial charge in [0, 0.05) is 18.6 Å². The molecule has 1 aliphatic rings. The maximum absolute atomic E-state index is 6.06. The zero-order chi connectivity index (χ0) is 13.1. The van der Waals surface area contributed by atoms with Crippen molar-refractivity contribution >= 4 is 0 Å². The van der Waals surface area contributed by atoms with Gasteiger partial charge in [-0.2, -0.15) is 0 Å². The summed E-state index contributed by atoms with van der Waals surface area (Å²) in [6, 6.07) is 9.76. The van der Waals surface area contributed by atoms with Gasteiger partial charge in [-0.15, -0.1) is 0 Å². The minimum absolute atomic E-state index is 0.318. The molecule has 1 saturated heterocycles. The second-order valence-corrected chi connectivity index (χ2v) is 5.84. The van der Waals surface area contributed by atoms with Gasteiger partial charge in [-0.25, -0.2) is 0 Å². The SMILES string of the molecule is Cc1ccc(C(C)N2CCCC(C(C)N)C2)cc1. The lowest BCUT2D eigenvalue weighted by atomic mass is 9.90. The van der Waals surface area contributed by atoms with E-state index in [1.165, 1.54) is 30.5 Å². The maximum Gasteiger partial charge on any atom is 0.0320 e. The Balaban J connectivity index is 2.04. The maximum atomic E-state index is 6.06. The van der Waals surface area contributed by atoms with Crippen LogP contribution in [-0.2, 0) is 0 Å². The van der Waals surface area contributed by atoms with Crippen molar-refractivity contribution in [1.29, 1.82) is 0 Å². The Labute approximate surface area is 111 Å². The Morgan fingerprint density at radius 3 is 2.50 bits per heavy atom. The van der Waals surface area contributed by atoms with Crippen LogP contribution in [0.3, 0.4) is 0 Å². The van der Waals surface area contributed by atoms with E-state index in [4.69, 9.17) is 5.73 Å². The van der Waals surface area contributed by atoms with Crippen LogP contribution in [0.1, 0.15) is 43.9 Å². The van der Waals surface area contributed by atoms with Crippen molar-refractivity contribution in [2.75, 3.05) is 13.1 Å². The quantitative estimate of drug-likeness (QED) is 0.888. The number of likely N-dealkylation sites (tertiary alicyclic amines) is 1. The number of hydrogen-bond donors (Lipinski definition) is 1. The van der Waals surface area contributed by atoms with Gasteiger partial charge >= 0.3 is 0 Å². The van der Waals surface area contributed by atoms with Crippen LogP contribution in [0.2, 0.25) is 0 Å². The van der Waals surface area contributed by atoms with Gasteiger partial charge in [0.05, 0.1) is 0 Å². The summed E-state index contributed by atoms with van der Waals surface area (Å²) in [5.41, 5.74) is 8.82. The van der Waals surface area contributed by atoms with Crippen LogP contribution < -0.4 is 5.73 Å². The second-order valence-electron chi connectivity index (χ2n) is 5.84. The molecule has 0 radical (unpaired) electrons. The van der Waals surface area contributed by atoms with Gasteiger partial charge in [0.15, 0.2) is 0 Å². The zero-order valence-electron chi connectivity index (χ0n) is 11.9. The largest absolute Gasteiger partial charge is 0.328 e. The van der Waals surface area contributed by atoms with Gasteiger partial charge in [0.1, 0.15) is 0 Å². The summed E-state index contributed by atoms with van der Waals surface area (Å²) in [6.07, 6.45) is 2.57. The van der Waals surface area contributed by atoms with Crippen LogP contribution in [0.5, 0.6) is 0 Å². The van der Waals surface area contributed by atoms with E-state index in [1.807, 2.05) is 0 Å². The van der Waals surface area contributed by atoms with Crippen molar-refractivity contribution in [3.05, 3.63) is 35.4 Å². The van der Waals surface area contributed by atoms with Crippen molar-refractivity contribution in [2.24, 2.45) is 11.7 Å². The average molecular weight is 246 g/mol. The Morgan fingerprint density at radius 2 is 1.89 bits per heavy atom. The first-order valence-corrected chi connectivity index (χ1v) is 7.14. The third-order valence-electron chi connectivity index (χ3n) is 4.34. The van der Waals surface area contributed by atoms with E-state index in [9.17, 15) is 0 Å². The molecule has 1 fully saturated rings. The highest BCUT2D eigenvalue weighted by Gasteiger charge is 2.26. The highest BCUT2D eigenvalue weighted by molar-refractivity contribution is 5.23. The number of aryl methyl sites for hydroxylation is 1. The first-order chi connectivity index (χ1) is 8.58. The molecular weight excluding hydrogens is 220 g/mol. The minimum Gasteiger partial charge on any atom is -0.328 e. The van der Waals surface area contributed by atoms with Crippen molar-refractivity contribution in [1.82, 2.24) is 4.90 Å². The molecule has 1 aromatic carbocycles. The first-order valence-electron chi connectivity index (χ1n) is 7.14. The summed E-state index contributed by atoms with van der Waals surface area (Å²) in [4.78, 5) is 2.59. The highest BCUT2D eigenvalue weighted by atomic mass is 15.2. The van der Waals surface area contributed by atoms with Crippen molar-refractivity contribution in [3.8, 4) is 0 Å². The lowest BCUT2D eigenvalue weighted by molar-refractivity contribution is 0.121. The van der Waals surface area contributed by atoms with Gasteiger partial charge in [-0.05, 0) is 51.6 Å². The number of piperidine rings is 1. The lowest BCUT2D eigenvalue weighted by Crippen LogP contribution is -2.43. The molecule has 2 rings (SSSR count). The van der Waals surface area contributed by atoms with Gasteiger partial charge in [-0.1, -0.05) is 29.8 Å². The highest BCUT2D eigenvalue weighted by Crippen LogP contribution is 2.27. The molecule has 100 valence electrons. The third kappa shape index (κ3) is 3.12. The summed E-state index contributed by atoms with van der Waals surface area (Å²) >= 11 is 0. The van der Waals surface area contributed by atoms with Crippen LogP contribution in [0.4, 0.5) is 0 Å². The molecule has 3 unspecified atom stereocenters. The third-order valence-corrected chi connectivity index (χ3v) is 4.34. The predicted molar refractivity (Wildman–Crippen MR) is 77.5 cm³/mol. The molecule has 1 aromatic rings. The van der Waals surface area contributed by atoms with Crippen LogP contribution in [-0.4, -0.2) is 24.0 Å². The van der Waals surface area contributed by atoms with Gasteiger partial charge in [-0.3, -0.25) is 4.90 Å². The van der Waals surface area contributed by atoms with Crippen LogP contribution in [0.15, 0.2) is 24.3 Å². The second kappa shape index (κ2) is 5.85. The zero-order valence-corrected chi connectivity index (χ0v) is 11.9. The molecule has 0 amide bonds. The molecule has 1 heterocycles. The molecule has 2 N–H and O–H groups in total. The predicted octanol–water partition coefficient (Wildman–Crippen LogP) is 3.12. The fourth-order valence-electron chi connectivity index (χ4n) is 2.88. The Morgan fingerprint density at radius 1 is 1.22 bits per heavy atom. The topological polar surface area (TPSA) is 29.3 Å². The molecule has 2 heteroatoms. The van der Waals surface area contributed by atoms with Crippen molar-refractivity contribution < 1.29 is 0 Å². The van der Waals surface area contributed by atoms with E-state index in [-0.39, 0.29) is 0 Å². The van der Waals surface area contributed by atoms with E-state index < -0.39 is 0 Å². The van der Waals surface area contributed by atoms with E-state index in [2.05, 4.69) is 49.9 Å². The molecular formula is C16H26N2. The summed E-state index contributed by atoms with van der Waals surface area (Å²) in [7, 11) is 0. The first kappa shape index (κ1) is 13.6. The summed E-state index contributed by atoms with van der Waals surface area (Å²) in [6.45, 7) is 8.95. The number of rotatable bonds is 3. The summed E-state index contributed by atoms with van der Waals surface area (Å²) < 4.78 is 0. The van der Waals surface area contributed by atoms with Gasteiger partial charge in [0.2, 0.25) is 0 Å². The fraction of sp³-hybridized carbons (Fsp3) is 0.625. The van der Waals surface area contributed by atoms with Crippen LogP contribution >= 0.6 is 0 Å². The number of benzene rings is 1. The monoisotopic (exact) mass is 246 g/mol. The number of nitrogens with two attached hydrogens (primary N) is 1. The van der Waals surface area contributed by atoms with Crippen molar-refractivity contribution in [2.45, 2.75) is 45.7 Å². The molecule has 2 nitrogen and oxygen atoms in total. The van der Waals surface area contributed by atoms with Gasteiger partial charge in [0.25, 0.3) is 0 Å². The summed E-state index contributed by atoms with van der Waals surface area (Å²) in [5.74, 6) is 0.659. The van der Waals surface area contributed by atoms with E-state index in [1.54, 1.807) is 0 Å². The van der Waals surface area contributed by atoms with E-state index >= 15 is 0 Å². The van der Waals surface area contributed by atoms with Gasteiger partial charge < -0.3 is 5.73 Å². The lowest BCUT2D eigenvalue weighted by Gasteiger charge is -2.38. The molecule has 0 saturated carbocycles. The number of nitrogens with zero attached hydrogens (tertiary/aromatic N) is 1. The van der Waals surface area contributed by atoms with E-state index in [0.717, 1.165) is 6.54 Å². The average Bonchev–Trinajstić information content (AvgIpc) is 2.39. The van der Waals surface area contributed by atoms with Crippen molar-refractivity contribution in [3.63, 3.8) is 0 Å². The molecule has 0 aliphatic carbocycles. The Kier molecular flexibility index (Phi) is 4.41. The smallest absolute Gasteiger partial charge is 0.0320 e. The number of hydrogen-bond acceptors (Lipinski definition) is 2. The molecule has 0 aromatic heterocycles. The van der Waals surface area contributed by atoms with Crippen LogP contribution in [0.25, 0.3) is 0 Å². The summed E-state index contributed by atoms with van der Waals surface area (Å²) in [5, 5.41) is 0. The Hall–Kier alpha value is -0.860. The fourth-order valence-corrected chi connectivity index (χ4v) is 2.88. The Bertz CT molecular complexity index is 369. The molecule has 1 aliphatic heterocycles. The molecule has 3 atom stereocenters. The normalized spacial score (nSPS) is 24.8. The van der Waals surface area contributed by atoms with Crippen LogP contribution in [0, 0.1) is 12.8 Å².